The molecule has 0 saturated carbocycles. The first kappa shape index (κ1) is 21.3. The summed E-state index contributed by atoms with van der Waals surface area (Å²) in [5.74, 6) is 0.945. The Labute approximate surface area is 185 Å². The van der Waals surface area contributed by atoms with Gasteiger partial charge in [-0.05, 0) is 30.8 Å². The molecule has 0 aliphatic carbocycles. The van der Waals surface area contributed by atoms with Crippen LogP contribution in [0.3, 0.4) is 0 Å². The van der Waals surface area contributed by atoms with Crippen molar-refractivity contribution in [2.45, 2.75) is 38.0 Å². The summed E-state index contributed by atoms with van der Waals surface area (Å²) in [6, 6.07) is 19.3. The zero-order valence-electron chi connectivity index (χ0n) is 17.5. The van der Waals surface area contributed by atoms with Gasteiger partial charge in [0, 0.05) is 36.2 Å². The van der Waals surface area contributed by atoms with Crippen LogP contribution in [0.4, 0.5) is 0 Å². The number of thioether (sulfide) groups is 1. The maximum atomic E-state index is 12.8. The summed E-state index contributed by atoms with van der Waals surface area (Å²) in [6.45, 7) is 5.55. The first-order chi connectivity index (χ1) is 15.1. The van der Waals surface area contributed by atoms with E-state index < -0.39 is 0 Å². The average Bonchev–Trinajstić information content (AvgIpc) is 3.19. The summed E-state index contributed by atoms with van der Waals surface area (Å²) in [5.41, 5.74) is 2.38. The van der Waals surface area contributed by atoms with E-state index in [-0.39, 0.29) is 17.1 Å². The Hall–Kier alpha value is -2.97. The van der Waals surface area contributed by atoms with Crippen molar-refractivity contribution in [3.8, 4) is 5.69 Å². The molecule has 1 aliphatic heterocycles. The Morgan fingerprint density at radius 3 is 2.45 bits per heavy atom. The lowest BCUT2D eigenvalue weighted by Gasteiger charge is -2.36. The van der Waals surface area contributed by atoms with E-state index in [1.165, 1.54) is 0 Å². The second-order valence-electron chi connectivity index (χ2n) is 7.80. The molecule has 4 rings (SSSR count). The number of oxime groups is 1. The highest BCUT2D eigenvalue weighted by molar-refractivity contribution is 8.14. The molecule has 7 nitrogen and oxygen atoms in total. The van der Waals surface area contributed by atoms with Crippen molar-refractivity contribution < 1.29 is 10.0 Å². The van der Waals surface area contributed by atoms with Crippen LogP contribution >= 0.6 is 11.8 Å². The summed E-state index contributed by atoms with van der Waals surface area (Å²) in [6.07, 6.45) is 0.714. The third-order valence-corrected chi connectivity index (χ3v) is 6.45. The van der Waals surface area contributed by atoms with E-state index in [1.807, 2.05) is 53.1 Å². The van der Waals surface area contributed by atoms with Gasteiger partial charge in [-0.1, -0.05) is 60.6 Å². The maximum absolute atomic E-state index is 12.8. The van der Waals surface area contributed by atoms with Crippen LogP contribution in [0.25, 0.3) is 5.69 Å². The maximum Gasteiger partial charge on any atom is 0.227 e. The molecule has 0 unspecified atom stereocenters. The summed E-state index contributed by atoms with van der Waals surface area (Å²) in [4.78, 5) is 15.1. The van der Waals surface area contributed by atoms with Gasteiger partial charge in [-0.3, -0.25) is 14.3 Å². The molecule has 1 aliphatic rings. The largest absolute Gasteiger partial charge is 0.411 e. The molecule has 0 spiro atoms. The Morgan fingerprint density at radius 2 is 1.77 bits per heavy atom. The highest BCUT2D eigenvalue weighted by Crippen LogP contribution is 2.27. The molecule has 2 atom stereocenters. The molecular weight excluding hydrogens is 410 g/mol. The van der Waals surface area contributed by atoms with E-state index in [0.29, 0.717) is 23.7 Å². The predicted octanol–water partition coefficient (Wildman–Crippen LogP) is 4.26. The van der Waals surface area contributed by atoms with Gasteiger partial charge in [-0.15, -0.1) is 10.2 Å². The minimum Gasteiger partial charge on any atom is -0.411 e. The fourth-order valence-electron chi connectivity index (χ4n) is 3.83. The molecule has 1 saturated heterocycles. The predicted molar refractivity (Wildman–Crippen MR) is 121 cm³/mol. The van der Waals surface area contributed by atoms with Gasteiger partial charge < -0.3 is 5.21 Å². The number of hydrogen-bond donors (Lipinski definition) is 1. The van der Waals surface area contributed by atoms with Crippen molar-refractivity contribution >= 4 is 22.6 Å². The smallest absolute Gasteiger partial charge is 0.227 e. The SMILES string of the molecule is C[C@@H]1CN(Cc2nnc(SC(=O)c3ccccc3)n2-c2ccccc2)[C@H](C)C/C1=N\O. The van der Waals surface area contributed by atoms with Gasteiger partial charge in [0.1, 0.15) is 0 Å². The van der Waals surface area contributed by atoms with E-state index >= 15 is 0 Å². The fraction of sp³-hybridized carbons (Fsp3) is 0.304. The standard InChI is InChI=1S/C23H25N5O2S/c1-16-14-27(17(2)13-20(16)26-30)15-21-24-25-23(28(21)19-11-7-4-8-12-19)31-22(29)18-9-5-3-6-10-18/h3-12,16-17,30H,13-15H2,1-2H3/b26-20+/t16-,17-/m1/s1. The van der Waals surface area contributed by atoms with Gasteiger partial charge >= 0.3 is 0 Å². The Balaban J connectivity index is 1.63. The van der Waals surface area contributed by atoms with E-state index in [2.05, 4.69) is 34.1 Å². The van der Waals surface area contributed by atoms with Crippen molar-refractivity contribution in [1.29, 1.82) is 0 Å². The number of aromatic nitrogens is 3. The van der Waals surface area contributed by atoms with Crippen LogP contribution in [-0.2, 0) is 6.54 Å². The summed E-state index contributed by atoms with van der Waals surface area (Å²) in [5, 5.41) is 22.0. The van der Waals surface area contributed by atoms with Gasteiger partial charge in [0.05, 0.1) is 12.3 Å². The highest BCUT2D eigenvalue weighted by Gasteiger charge is 2.30. The van der Waals surface area contributed by atoms with Crippen LogP contribution in [-0.4, -0.2) is 48.3 Å². The summed E-state index contributed by atoms with van der Waals surface area (Å²) in [7, 11) is 0. The number of benzene rings is 2. The molecule has 8 heteroatoms. The number of para-hydroxylation sites is 1. The average molecular weight is 436 g/mol. The lowest BCUT2D eigenvalue weighted by molar-refractivity contribution is 0.108. The molecule has 31 heavy (non-hydrogen) atoms. The van der Waals surface area contributed by atoms with Crippen molar-refractivity contribution in [2.75, 3.05) is 6.54 Å². The second kappa shape index (κ2) is 9.45. The van der Waals surface area contributed by atoms with Crippen molar-refractivity contribution in [1.82, 2.24) is 19.7 Å². The van der Waals surface area contributed by atoms with Crippen LogP contribution in [0.5, 0.6) is 0 Å². The zero-order valence-corrected chi connectivity index (χ0v) is 18.4. The second-order valence-corrected chi connectivity index (χ2v) is 8.74. The summed E-state index contributed by atoms with van der Waals surface area (Å²) >= 11 is 1.09. The van der Waals surface area contributed by atoms with Crippen molar-refractivity contribution in [2.24, 2.45) is 11.1 Å². The van der Waals surface area contributed by atoms with E-state index in [4.69, 9.17) is 0 Å². The van der Waals surface area contributed by atoms with Crippen LogP contribution in [0, 0.1) is 5.92 Å². The quantitative estimate of drug-likeness (QED) is 0.366. The monoisotopic (exact) mass is 435 g/mol. The van der Waals surface area contributed by atoms with Crippen LogP contribution in [0.15, 0.2) is 71.0 Å². The van der Waals surface area contributed by atoms with Crippen molar-refractivity contribution in [3.63, 3.8) is 0 Å². The van der Waals surface area contributed by atoms with Gasteiger partial charge in [-0.25, -0.2) is 0 Å². The van der Waals surface area contributed by atoms with Gasteiger partial charge in [0.25, 0.3) is 0 Å². The van der Waals surface area contributed by atoms with Crippen molar-refractivity contribution in [3.05, 3.63) is 72.1 Å². The molecule has 3 aromatic rings. The van der Waals surface area contributed by atoms with Gasteiger partial charge in [-0.2, -0.15) is 0 Å². The molecular formula is C23H25N5O2S. The Kier molecular flexibility index (Phi) is 6.48. The van der Waals surface area contributed by atoms with Crippen LogP contribution in [0.1, 0.15) is 36.5 Å². The molecule has 1 fully saturated rings. The highest BCUT2D eigenvalue weighted by atomic mass is 32.2. The third-order valence-electron chi connectivity index (χ3n) is 5.59. The molecule has 2 aromatic carbocycles. The van der Waals surface area contributed by atoms with Crippen LogP contribution in [0.2, 0.25) is 0 Å². The lowest BCUT2D eigenvalue weighted by atomic mass is 9.93. The minimum absolute atomic E-state index is 0.0690. The molecule has 2 heterocycles. The number of nitrogens with zero attached hydrogens (tertiary/aromatic N) is 5. The number of rotatable bonds is 5. The van der Waals surface area contributed by atoms with Gasteiger partial charge in [0.2, 0.25) is 10.3 Å². The number of carbonyl (C=O) groups is 1. The lowest BCUT2D eigenvalue weighted by Crippen LogP contribution is -2.45. The molecule has 0 radical (unpaired) electrons. The normalized spacial score (nSPS) is 20.8. The molecule has 1 N–H and O–H groups in total. The number of piperidine rings is 1. The number of likely N-dealkylation sites (tertiary alicyclic amines) is 1. The first-order valence-corrected chi connectivity index (χ1v) is 11.1. The zero-order chi connectivity index (χ0) is 21.8. The van der Waals surface area contributed by atoms with E-state index in [9.17, 15) is 10.0 Å². The van der Waals surface area contributed by atoms with Gasteiger partial charge in [0.15, 0.2) is 5.82 Å². The molecule has 0 bridgehead atoms. The van der Waals surface area contributed by atoms with Crippen LogP contribution < -0.4 is 0 Å². The Bertz CT molecular complexity index is 1070. The molecule has 0 amide bonds. The first-order valence-electron chi connectivity index (χ1n) is 10.3. The number of hydrogen-bond acceptors (Lipinski definition) is 7. The minimum atomic E-state index is -0.0690. The number of carbonyl (C=O) groups excluding carboxylic acids is 1. The third kappa shape index (κ3) is 4.70. The Morgan fingerprint density at radius 1 is 1.10 bits per heavy atom. The molecule has 1 aromatic heterocycles. The van der Waals surface area contributed by atoms with E-state index in [1.54, 1.807) is 12.1 Å². The summed E-state index contributed by atoms with van der Waals surface area (Å²) < 4.78 is 1.96. The topological polar surface area (TPSA) is 83.6 Å². The molecule has 160 valence electrons. The van der Waals surface area contributed by atoms with E-state index in [0.717, 1.165) is 35.5 Å². The fourth-order valence-corrected chi connectivity index (χ4v) is 4.64.